The first-order chi connectivity index (χ1) is 8.72. The van der Waals surface area contributed by atoms with E-state index in [1.54, 1.807) is 4.68 Å². The second-order valence-electron chi connectivity index (χ2n) is 4.40. The van der Waals surface area contributed by atoms with Crippen molar-refractivity contribution in [2.24, 2.45) is 12.1 Å². The van der Waals surface area contributed by atoms with Gasteiger partial charge in [-0.15, -0.1) is 0 Å². The van der Waals surface area contributed by atoms with Crippen LogP contribution in [-0.4, -0.2) is 15.5 Å². The van der Waals surface area contributed by atoms with E-state index in [4.69, 9.17) is 11.6 Å². The van der Waals surface area contributed by atoms with Crippen molar-refractivity contribution in [3.8, 4) is 0 Å². The summed E-state index contributed by atoms with van der Waals surface area (Å²) in [4.78, 5) is 0. The Morgan fingerprint density at radius 2 is 2.11 bits per heavy atom. The predicted molar refractivity (Wildman–Crippen MR) is 71.7 cm³/mol. The van der Waals surface area contributed by atoms with Gasteiger partial charge in [0.2, 0.25) is 0 Å². The molecule has 18 heavy (non-hydrogen) atoms. The van der Waals surface area contributed by atoms with Crippen LogP contribution in [0, 0.1) is 0 Å². The molecule has 5 heteroatoms. The number of hydrogen-bond donors (Lipinski definition) is 1. The Balaban J connectivity index is 1.76. The van der Waals surface area contributed by atoms with Gasteiger partial charge in [0.25, 0.3) is 0 Å². The number of nitrogens with zero attached hydrogens (tertiary/aromatic N) is 3. The normalized spacial score (nSPS) is 18.6. The van der Waals surface area contributed by atoms with Gasteiger partial charge >= 0.3 is 0 Å². The molecule has 0 aliphatic carbocycles. The van der Waals surface area contributed by atoms with Crippen molar-refractivity contribution in [2.75, 3.05) is 0 Å². The molecule has 0 radical (unpaired) electrons. The second-order valence-corrected chi connectivity index (χ2v) is 4.83. The minimum Gasteiger partial charge on any atom is -0.302 e. The molecule has 0 saturated carbocycles. The fourth-order valence-corrected chi connectivity index (χ4v) is 2.20. The fraction of sp³-hybridized carbons (Fsp3) is 0.231. The van der Waals surface area contributed by atoms with Gasteiger partial charge in [-0.1, -0.05) is 23.7 Å². The smallest absolute Gasteiger partial charge is 0.0776 e. The first kappa shape index (κ1) is 11.3. The third-order valence-corrected chi connectivity index (χ3v) is 3.31. The molecule has 4 nitrogen and oxygen atoms in total. The number of hydrazone groups is 1. The zero-order chi connectivity index (χ0) is 12.5. The molecule has 1 unspecified atom stereocenters. The average molecular weight is 261 g/mol. The number of aromatic nitrogens is 2. The van der Waals surface area contributed by atoms with Gasteiger partial charge in [0, 0.05) is 30.3 Å². The lowest BCUT2D eigenvalue weighted by Crippen LogP contribution is -2.09. The van der Waals surface area contributed by atoms with Crippen LogP contribution in [0.4, 0.5) is 0 Å². The van der Waals surface area contributed by atoms with Crippen LogP contribution in [0.1, 0.15) is 23.6 Å². The maximum absolute atomic E-state index is 5.88. The highest BCUT2D eigenvalue weighted by Crippen LogP contribution is 2.24. The first-order valence-electron chi connectivity index (χ1n) is 5.79. The van der Waals surface area contributed by atoms with Gasteiger partial charge in [-0.05, 0) is 17.7 Å². The highest BCUT2D eigenvalue weighted by atomic mass is 35.5. The van der Waals surface area contributed by atoms with Gasteiger partial charge in [0.1, 0.15) is 0 Å². The molecule has 0 saturated heterocycles. The Kier molecular flexibility index (Phi) is 2.80. The second kappa shape index (κ2) is 4.46. The van der Waals surface area contributed by atoms with Crippen LogP contribution in [-0.2, 0) is 7.05 Å². The van der Waals surface area contributed by atoms with Crippen LogP contribution >= 0.6 is 11.6 Å². The third kappa shape index (κ3) is 2.11. The summed E-state index contributed by atoms with van der Waals surface area (Å²) < 4.78 is 1.80. The Morgan fingerprint density at radius 1 is 1.33 bits per heavy atom. The van der Waals surface area contributed by atoms with E-state index in [2.05, 4.69) is 15.6 Å². The monoisotopic (exact) mass is 260 g/mol. The molecule has 92 valence electrons. The van der Waals surface area contributed by atoms with Crippen LogP contribution in [0.3, 0.4) is 0 Å². The zero-order valence-electron chi connectivity index (χ0n) is 9.97. The first-order valence-corrected chi connectivity index (χ1v) is 6.17. The summed E-state index contributed by atoms with van der Waals surface area (Å²) >= 11 is 5.88. The number of rotatable bonds is 2. The zero-order valence-corrected chi connectivity index (χ0v) is 10.7. The van der Waals surface area contributed by atoms with Crippen LogP contribution < -0.4 is 5.43 Å². The summed E-state index contributed by atoms with van der Waals surface area (Å²) in [7, 11) is 1.92. The third-order valence-electron chi connectivity index (χ3n) is 3.06. The summed E-state index contributed by atoms with van der Waals surface area (Å²) in [6.45, 7) is 0. The van der Waals surface area contributed by atoms with E-state index >= 15 is 0 Å². The molecule has 1 aromatic carbocycles. The molecular formula is C13H13ClN4. The largest absolute Gasteiger partial charge is 0.302 e. The Bertz CT molecular complexity index is 585. The van der Waals surface area contributed by atoms with E-state index in [0.29, 0.717) is 0 Å². The molecule has 3 rings (SSSR count). The van der Waals surface area contributed by atoms with E-state index in [9.17, 15) is 0 Å². The molecule has 0 amide bonds. The van der Waals surface area contributed by atoms with Crippen LogP contribution in [0.5, 0.6) is 0 Å². The number of halogens is 1. The summed E-state index contributed by atoms with van der Waals surface area (Å²) in [5, 5.41) is 9.31. The summed E-state index contributed by atoms with van der Waals surface area (Å²) in [5.74, 6) is 0. The Morgan fingerprint density at radius 3 is 2.78 bits per heavy atom. The lowest BCUT2D eigenvalue weighted by Gasteiger charge is -2.06. The standard InChI is InChI=1S/C13H13ClN4/c1-18-8-10(7-15-18)13-6-12(16-17-13)9-2-4-11(14)5-3-9/h2-5,7-8,13,17H,6H2,1H3. The average Bonchev–Trinajstić information content (AvgIpc) is 2.98. The molecule has 1 atom stereocenters. The van der Waals surface area contributed by atoms with E-state index < -0.39 is 0 Å². The number of hydrogen-bond acceptors (Lipinski definition) is 3. The van der Waals surface area contributed by atoms with Crippen molar-refractivity contribution in [1.82, 2.24) is 15.2 Å². The number of nitrogens with one attached hydrogen (secondary N) is 1. The Hall–Kier alpha value is -1.81. The molecule has 1 aliphatic rings. The van der Waals surface area contributed by atoms with Crippen molar-refractivity contribution in [1.29, 1.82) is 0 Å². The predicted octanol–water partition coefficient (Wildman–Crippen LogP) is 2.51. The summed E-state index contributed by atoms with van der Waals surface area (Å²) in [6.07, 6.45) is 4.75. The molecule has 1 aliphatic heterocycles. The van der Waals surface area contributed by atoms with Gasteiger partial charge in [-0.25, -0.2) is 0 Å². The summed E-state index contributed by atoms with van der Waals surface area (Å²) in [5.41, 5.74) is 6.47. The minimum atomic E-state index is 0.212. The van der Waals surface area contributed by atoms with Gasteiger partial charge < -0.3 is 5.43 Å². The molecular weight excluding hydrogens is 248 g/mol. The molecule has 0 bridgehead atoms. The number of aryl methyl sites for hydroxylation is 1. The highest BCUT2D eigenvalue weighted by Gasteiger charge is 2.22. The molecule has 2 heterocycles. The molecule has 1 N–H and O–H groups in total. The molecule has 0 fully saturated rings. The Labute approximate surface area is 110 Å². The topological polar surface area (TPSA) is 42.2 Å². The molecule has 1 aromatic heterocycles. The quantitative estimate of drug-likeness (QED) is 0.902. The van der Waals surface area contributed by atoms with Crippen LogP contribution in [0.15, 0.2) is 41.8 Å². The molecule has 2 aromatic rings. The van der Waals surface area contributed by atoms with Gasteiger partial charge in [0.15, 0.2) is 0 Å². The van der Waals surface area contributed by atoms with E-state index in [-0.39, 0.29) is 6.04 Å². The van der Waals surface area contributed by atoms with Crippen molar-refractivity contribution >= 4 is 17.3 Å². The lowest BCUT2D eigenvalue weighted by molar-refractivity contribution is 0.619. The minimum absolute atomic E-state index is 0.212. The van der Waals surface area contributed by atoms with E-state index in [1.165, 1.54) is 0 Å². The van der Waals surface area contributed by atoms with Crippen molar-refractivity contribution < 1.29 is 0 Å². The lowest BCUT2D eigenvalue weighted by atomic mass is 10.0. The van der Waals surface area contributed by atoms with E-state index in [1.807, 2.05) is 43.7 Å². The van der Waals surface area contributed by atoms with Gasteiger partial charge in [-0.3, -0.25) is 4.68 Å². The van der Waals surface area contributed by atoms with Crippen molar-refractivity contribution in [3.63, 3.8) is 0 Å². The number of benzene rings is 1. The SMILES string of the molecule is Cn1cc(C2CC(c3ccc(Cl)cc3)=NN2)cn1. The van der Waals surface area contributed by atoms with Crippen LogP contribution in [0.25, 0.3) is 0 Å². The molecule has 0 spiro atoms. The highest BCUT2D eigenvalue weighted by molar-refractivity contribution is 6.30. The maximum atomic E-state index is 5.88. The van der Waals surface area contributed by atoms with Crippen molar-refractivity contribution in [3.05, 3.63) is 52.8 Å². The fourth-order valence-electron chi connectivity index (χ4n) is 2.08. The van der Waals surface area contributed by atoms with Gasteiger partial charge in [0.05, 0.1) is 18.0 Å². The maximum Gasteiger partial charge on any atom is 0.0776 e. The van der Waals surface area contributed by atoms with Crippen LogP contribution in [0.2, 0.25) is 5.02 Å². The summed E-state index contributed by atoms with van der Waals surface area (Å²) in [6, 6.07) is 7.97. The van der Waals surface area contributed by atoms with E-state index in [0.717, 1.165) is 28.3 Å². The van der Waals surface area contributed by atoms with Crippen molar-refractivity contribution in [2.45, 2.75) is 12.5 Å². The van der Waals surface area contributed by atoms with Gasteiger partial charge in [-0.2, -0.15) is 10.2 Å².